The fourth-order valence-electron chi connectivity index (χ4n) is 12.4. The van der Waals surface area contributed by atoms with Crippen LogP contribution in [-0.2, 0) is 46.4 Å². The molecule has 674 valence electrons. The Kier molecular flexibility index (Phi) is 37.9. The van der Waals surface area contributed by atoms with Crippen LogP contribution in [0.15, 0.2) is 296 Å². The Morgan fingerprint density at radius 2 is 0.823 bits per heavy atom. The monoisotopic (exact) mass is 2200 g/mol. The first-order valence-corrected chi connectivity index (χ1v) is 48.2. The maximum atomic E-state index is 14.0. The van der Waals surface area contributed by atoms with Gasteiger partial charge in [0.2, 0.25) is 34.8 Å². The highest BCUT2D eigenvalue weighted by Gasteiger charge is 2.32. The third-order valence-corrected chi connectivity index (χ3v) is 27.8. The number of ether oxygens (including phenoxy) is 6. The van der Waals surface area contributed by atoms with Gasteiger partial charge in [0.15, 0.2) is 0 Å². The fourth-order valence-corrected chi connectivity index (χ4v) is 18.2. The molecule has 12 aromatic carbocycles. The van der Waals surface area contributed by atoms with E-state index in [1.165, 1.54) is 63.1 Å². The topological polar surface area (TPSA) is 215 Å². The highest BCUT2D eigenvalue weighted by atomic mass is 127. The van der Waals surface area contributed by atoms with Crippen molar-refractivity contribution in [3.63, 3.8) is 0 Å². The molecule has 0 bridgehead atoms. The number of benzene rings is 12. The highest BCUT2D eigenvalue weighted by molar-refractivity contribution is 14.1. The van der Waals surface area contributed by atoms with E-state index in [4.69, 9.17) is 34.2 Å². The zero-order valence-corrected chi connectivity index (χ0v) is 83.3. The third kappa shape index (κ3) is 27.3. The molecule has 0 unspecified atom stereocenters. The number of nitrogen functional groups attached to an aromatic ring is 1. The standard InChI is InChI=1S/C26H26BrNO3S.C24H20BrNO2S.C23H13BrF5NO5S.C18H19NO2S.C8H8BrIO/c1-4-31-26(29)13-10-20-15-21(32-17-19-8-6-5-7-9-19)11-12-23(20)28-24-14-18(2)22(27)16-25(24)30-3;1-16-12-22(23(28-2)14-20(16)25)26-21-10-9-19(13-18(21)8-11-24(26)27)29-15-17-6-4-3-5-7-17;1-10-7-15(16(34-2)9-13(10)24)30-14-5-4-12(8-11(14)3-6-17(30)31)36(32,33)35-23-21(28)19(26)18(25)20(27)22(23)29;1-2-21-18(20)11-8-15-12-16(9-10-17(15)19)22-13-14-6-4-3-5-7-14;1-5-3-7(10)8(11-2)4-6(5)9/h5-16,28H,4,17H2,1-3H3;3-14H,15H2,1-2H3;3-9H,1-2H3;3-12H,2,13,19H2,1H3;3-4H,1-2H3/b13-10+;;;11-8+;. The van der Waals surface area contributed by atoms with Gasteiger partial charge in [0.1, 0.15) is 27.9 Å². The lowest BCUT2D eigenvalue weighted by Gasteiger charge is -2.16. The van der Waals surface area contributed by atoms with Gasteiger partial charge in [0.25, 0.3) is 11.1 Å². The van der Waals surface area contributed by atoms with Gasteiger partial charge in [0.05, 0.1) is 73.3 Å². The molecular weight excluding hydrogens is 2120 g/mol. The first-order valence-electron chi connectivity index (χ1n) is 39.6. The summed E-state index contributed by atoms with van der Waals surface area (Å²) in [4.78, 5) is 51.5. The Bertz CT molecular complexity index is 6720. The van der Waals surface area contributed by atoms with Gasteiger partial charge >= 0.3 is 22.1 Å². The summed E-state index contributed by atoms with van der Waals surface area (Å²) in [6.07, 6.45) is 6.34. The van der Waals surface area contributed by atoms with Crippen LogP contribution in [0.3, 0.4) is 0 Å². The quantitative estimate of drug-likeness (QED) is 0.00593. The van der Waals surface area contributed by atoms with E-state index in [9.17, 15) is 49.5 Å². The van der Waals surface area contributed by atoms with Crippen molar-refractivity contribution in [2.45, 2.75) is 78.4 Å². The van der Waals surface area contributed by atoms with Crippen molar-refractivity contribution in [3.05, 3.63) is 370 Å². The van der Waals surface area contributed by atoms with Gasteiger partial charge in [-0.2, -0.15) is 17.2 Å². The molecule has 17 nitrogen and oxygen atoms in total. The van der Waals surface area contributed by atoms with E-state index in [0.717, 1.165) is 134 Å². The van der Waals surface area contributed by atoms with Crippen molar-refractivity contribution in [2.24, 2.45) is 0 Å². The molecular formula is C99H86Br4F5IN4O13S4. The maximum absolute atomic E-state index is 14.0. The SMILES string of the molecule is CCOC(=O)/C=C/c1cc(SCc2ccccc2)ccc1N.CCOC(=O)/C=C/c1cc(SCc2ccccc2)ccc1Nc1cc(C)c(Br)cc1OC.COc1cc(Br)c(C)cc1-n1c(=O)ccc2cc(S(=O)(=O)Oc3c(F)c(F)c(F)c(F)c3F)ccc21.COc1cc(Br)c(C)cc1-n1c(=O)ccc2cc(SCc3ccccc3)ccc21.COc1cc(Br)c(C)cc1I. The van der Waals surface area contributed by atoms with Crippen LogP contribution in [0.2, 0.25) is 0 Å². The normalized spacial score (nSPS) is 11.0. The number of nitrogens with one attached hydrogen (secondary N) is 1. The number of carbonyl (C=O) groups is 2. The van der Waals surface area contributed by atoms with Crippen LogP contribution in [0.25, 0.3) is 45.3 Å². The summed E-state index contributed by atoms with van der Waals surface area (Å²) in [5, 5.41) is 4.66. The Balaban J connectivity index is 0.000000175. The number of anilines is 3. The highest BCUT2D eigenvalue weighted by Crippen LogP contribution is 2.40. The molecule has 0 amide bonds. The molecule has 130 heavy (non-hydrogen) atoms. The molecule has 14 aromatic rings. The molecule has 0 aliphatic rings. The van der Waals surface area contributed by atoms with Crippen LogP contribution >= 0.6 is 122 Å². The van der Waals surface area contributed by atoms with Crippen LogP contribution in [0.4, 0.5) is 39.0 Å². The van der Waals surface area contributed by atoms with Crippen LogP contribution < -0.4 is 45.3 Å². The fraction of sp³-hybridized carbons (Fsp3) is 0.152. The molecule has 0 saturated carbocycles. The minimum absolute atomic E-state index is 0.0813. The summed E-state index contributed by atoms with van der Waals surface area (Å²) >= 11 is 21.4. The minimum Gasteiger partial charge on any atom is -0.496 e. The van der Waals surface area contributed by atoms with Crippen LogP contribution in [-0.4, -0.2) is 71.1 Å². The summed E-state index contributed by atoms with van der Waals surface area (Å²) in [6.45, 7) is 12.2. The minimum atomic E-state index is -5.06. The zero-order valence-electron chi connectivity index (χ0n) is 71.6. The number of halogens is 10. The van der Waals surface area contributed by atoms with Gasteiger partial charge in [-0.25, -0.2) is 22.8 Å². The van der Waals surface area contributed by atoms with E-state index >= 15 is 0 Å². The number of rotatable bonds is 26. The average molecular weight is 2210 g/mol. The van der Waals surface area contributed by atoms with Crippen molar-refractivity contribution in [1.29, 1.82) is 0 Å². The van der Waals surface area contributed by atoms with Gasteiger partial charge in [-0.05, 0) is 265 Å². The molecule has 3 N–H and O–H groups in total. The smallest absolute Gasteiger partial charge is 0.339 e. The van der Waals surface area contributed by atoms with Gasteiger partial charge in [-0.3, -0.25) is 18.7 Å². The number of hydrogen-bond acceptors (Lipinski definition) is 18. The second-order valence-corrected chi connectivity index (χ2v) is 37.4. The number of nitrogens with two attached hydrogens (primary N) is 1. The number of thioether (sulfide) groups is 3. The molecule has 0 fully saturated rings. The van der Waals surface area contributed by atoms with Crippen molar-refractivity contribution in [3.8, 4) is 40.1 Å². The molecule has 0 aliphatic carbocycles. The molecule has 2 heterocycles. The molecule has 14 rings (SSSR count). The number of esters is 2. The summed E-state index contributed by atoms with van der Waals surface area (Å²) in [5.41, 5.74) is 19.6. The molecule has 31 heteroatoms. The van der Waals surface area contributed by atoms with Crippen molar-refractivity contribution in [2.75, 3.05) is 52.7 Å². The van der Waals surface area contributed by atoms with E-state index in [2.05, 4.69) is 182 Å². The maximum Gasteiger partial charge on any atom is 0.339 e. The van der Waals surface area contributed by atoms with Crippen LogP contribution in [0.1, 0.15) is 63.9 Å². The summed E-state index contributed by atoms with van der Waals surface area (Å²) in [5.74, 6) is -9.45. The Morgan fingerprint density at radius 1 is 0.438 bits per heavy atom. The second-order valence-electron chi connectivity index (χ2n) is 28.1. The average Bonchev–Trinajstić information content (AvgIpc) is 0.749. The van der Waals surface area contributed by atoms with Crippen molar-refractivity contribution in [1.82, 2.24) is 9.13 Å². The van der Waals surface area contributed by atoms with Crippen LogP contribution in [0, 0.1) is 60.4 Å². The second kappa shape index (κ2) is 48.5. The first-order chi connectivity index (χ1) is 62.3. The largest absolute Gasteiger partial charge is 0.496 e. The van der Waals surface area contributed by atoms with E-state index < -0.39 is 55.4 Å². The first kappa shape index (κ1) is 102. The summed E-state index contributed by atoms with van der Waals surface area (Å²) < 4.78 is 137. The van der Waals surface area contributed by atoms with Gasteiger partial charge < -0.3 is 43.7 Å². The number of nitrogens with zero attached hydrogens (tertiary/aromatic N) is 2. The molecule has 0 aliphatic heterocycles. The lowest BCUT2D eigenvalue weighted by Crippen LogP contribution is -2.19. The van der Waals surface area contributed by atoms with Crippen LogP contribution in [0.5, 0.6) is 28.7 Å². The van der Waals surface area contributed by atoms with E-state index in [1.54, 1.807) is 112 Å². The Hall–Kier alpha value is -10.6. The third-order valence-electron chi connectivity index (χ3n) is 19.2. The zero-order chi connectivity index (χ0) is 94.0. The number of pyridine rings is 2. The van der Waals surface area contributed by atoms with Gasteiger partial charge in [-0.1, -0.05) is 155 Å². The molecule has 2 aromatic heterocycles. The Morgan fingerprint density at radius 3 is 1.28 bits per heavy atom. The van der Waals surface area contributed by atoms with E-state index in [1.807, 2.05) is 123 Å². The van der Waals surface area contributed by atoms with E-state index in [0.29, 0.717) is 36.1 Å². The predicted molar refractivity (Wildman–Crippen MR) is 535 cm³/mol. The number of aryl methyl sites for hydroxylation is 4. The number of carbonyl (C=O) groups excluding carboxylic acids is 2. The number of fused-ring (bicyclic) bond motifs is 2. The molecule has 0 atom stereocenters. The Labute approximate surface area is 810 Å². The molecule has 0 saturated heterocycles. The van der Waals surface area contributed by atoms with Gasteiger partial charge in [-0.15, -0.1) is 35.3 Å². The number of hydrogen-bond donors (Lipinski definition) is 2. The lowest BCUT2D eigenvalue weighted by atomic mass is 10.1. The van der Waals surface area contributed by atoms with Crippen molar-refractivity contribution < 1.29 is 72.6 Å². The number of aromatic nitrogens is 2. The predicted octanol–water partition coefficient (Wildman–Crippen LogP) is 26.8. The van der Waals surface area contributed by atoms with E-state index in [-0.39, 0.29) is 28.4 Å². The molecule has 0 spiro atoms. The van der Waals surface area contributed by atoms with Crippen molar-refractivity contribution >= 4 is 195 Å². The summed E-state index contributed by atoms with van der Waals surface area (Å²) in [7, 11) is 1.28. The molecule has 0 radical (unpaired) electrons. The number of methoxy groups -OCH3 is 4. The van der Waals surface area contributed by atoms with Gasteiger partial charge in [0, 0.05) is 90.9 Å². The summed E-state index contributed by atoms with van der Waals surface area (Å²) in [6, 6.07) is 73.7. The lowest BCUT2D eigenvalue weighted by molar-refractivity contribution is -0.138.